The Kier molecular flexibility index (Phi) is 4.16. The number of aromatic nitrogens is 2. The van der Waals surface area contributed by atoms with Gasteiger partial charge in [0.05, 0.1) is 36.2 Å². The van der Waals surface area contributed by atoms with Crippen LogP contribution in [0.5, 0.6) is 0 Å². The molecule has 23 heavy (non-hydrogen) atoms. The van der Waals surface area contributed by atoms with Gasteiger partial charge in [-0.2, -0.15) is 0 Å². The zero-order valence-electron chi connectivity index (χ0n) is 12.8. The molecule has 2 saturated heterocycles. The molecule has 4 rings (SSSR count). The van der Waals surface area contributed by atoms with E-state index in [1.165, 1.54) is 5.56 Å². The van der Waals surface area contributed by atoms with Crippen LogP contribution in [0.1, 0.15) is 5.56 Å². The van der Waals surface area contributed by atoms with Gasteiger partial charge >= 0.3 is 0 Å². The van der Waals surface area contributed by atoms with Crippen molar-refractivity contribution in [2.45, 2.75) is 18.7 Å². The summed E-state index contributed by atoms with van der Waals surface area (Å²) in [4.78, 5) is 13.4. The minimum Gasteiger partial charge on any atom is -0.373 e. The fourth-order valence-electron chi connectivity index (χ4n) is 3.40. The maximum atomic E-state index is 5.98. The van der Waals surface area contributed by atoms with Crippen LogP contribution in [0, 0.1) is 0 Å². The normalized spacial score (nSPS) is 24.7. The molecule has 0 aliphatic carbocycles. The lowest BCUT2D eigenvalue weighted by molar-refractivity contribution is -0.0499. The maximum Gasteiger partial charge on any atom is 0.225 e. The monoisotopic (exact) mass is 330 g/mol. The molecule has 1 aromatic heterocycles. The highest BCUT2D eigenvalue weighted by molar-refractivity contribution is 6.30. The van der Waals surface area contributed by atoms with Gasteiger partial charge in [0.25, 0.3) is 0 Å². The van der Waals surface area contributed by atoms with E-state index in [1.807, 2.05) is 0 Å². The molecular weight excluding hydrogens is 312 g/mol. The number of benzene rings is 1. The summed E-state index contributed by atoms with van der Waals surface area (Å²) >= 11 is 5.88. The molecule has 6 heteroatoms. The summed E-state index contributed by atoms with van der Waals surface area (Å²) < 4.78 is 5.98. The van der Waals surface area contributed by atoms with Gasteiger partial charge in [-0.05, 0) is 5.56 Å². The second kappa shape index (κ2) is 6.43. The van der Waals surface area contributed by atoms with E-state index in [0.717, 1.165) is 38.7 Å². The van der Waals surface area contributed by atoms with Crippen LogP contribution >= 0.6 is 11.6 Å². The Morgan fingerprint density at radius 2 is 1.91 bits per heavy atom. The highest BCUT2D eigenvalue weighted by Crippen LogP contribution is 2.26. The van der Waals surface area contributed by atoms with E-state index in [9.17, 15) is 0 Å². The van der Waals surface area contributed by atoms with Crippen molar-refractivity contribution in [2.24, 2.45) is 0 Å². The van der Waals surface area contributed by atoms with Crippen molar-refractivity contribution < 1.29 is 4.74 Å². The fourth-order valence-corrected chi connectivity index (χ4v) is 3.50. The number of ether oxygens (including phenoxy) is 1. The molecule has 0 unspecified atom stereocenters. The average Bonchev–Trinajstić information content (AvgIpc) is 3.02. The first kappa shape index (κ1) is 14.9. The molecule has 2 aliphatic rings. The molecule has 120 valence electrons. The topological polar surface area (TPSA) is 41.5 Å². The Hall–Kier alpha value is -1.69. The largest absolute Gasteiger partial charge is 0.373 e. The zero-order chi connectivity index (χ0) is 15.6. The average molecular weight is 331 g/mol. The number of fused-ring (bicyclic) bond motifs is 1. The molecule has 0 amide bonds. The molecule has 0 spiro atoms. The number of morpholine rings is 1. The van der Waals surface area contributed by atoms with Gasteiger partial charge in [0, 0.05) is 26.2 Å². The standard InChI is InChI=1S/C17H19ClN4O/c18-14-8-19-17(20-9-14)22-11-15-16(12-22)23-7-6-21(15)10-13-4-2-1-3-5-13/h1-5,8-9,15-16H,6-7,10-12H2/t15-,16+/m1/s1. The van der Waals surface area contributed by atoms with Crippen LogP contribution in [-0.4, -0.2) is 53.3 Å². The third-order valence-electron chi connectivity index (χ3n) is 4.53. The van der Waals surface area contributed by atoms with Gasteiger partial charge in [-0.15, -0.1) is 0 Å². The first-order valence-corrected chi connectivity index (χ1v) is 8.29. The van der Waals surface area contributed by atoms with Crippen molar-refractivity contribution >= 4 is 17.5 Å². The van der Waals surface area contributed by atoms with Crippen molar-refractivity contribution in [3.8, 4) is 0 Å². The number of nitrogens with zero attached hydrogens (tertiary/aromatic N) is 4. The fraction of sp³-hybridized carbons (Fsp3) is 0.412. The number of halogens is 1. The lowest BCUT2D eigenvalue weighted by Gasteiger charge is -2.36. The highest BCUT2D eigenvalue weighted by atomic mass is 35.5. The van der Waals surface area contributed by atoms with Gasteiger partial charge in [-0.25, -0.2) is 9.97 Å². The molecule has 0 bridgehead atoms. The van der Waals surface area contributed by atoms with Crippen LogP contribution in [0.15, 0.2) is 42.7 Å². The molecule has 0 radical (unpaired) electrons. The van der Waals surface area contributed by atoms with E-state index in [-0.39, 0.29) is 6.10 Å². The Labute approximate surface area is 140 Å². The summed E-state index contributed by atoms with van der Waals surface area (Å²) in [5.74, 6) is 0.729. The Morgan fingerprint density at radius 1 is 1.13 bits per heavy atom. The molecule has 5 nitrogen and oxygen atoms in total. The maximum absolute atomic E-state index is 5.98. The first-order valence-electron chi connectivity index (χ1n) is 7.92. The third kappa shape index (κ3) is 3.17. The molecule has 3 heterocycles. The molecule has 0 N–H and O–H groups in total. The highest BCUT2D eigenvalue weighted by Gasteiger charge is 2.40. The van der Waals surface area contributed by atoms with Gasteiger partial charge in [0.1, 0.15) is 0 Å². The number of hydrogen-bond acceptors (Lipinski definition) is 5. The van der Waals surface area contributed by atoms with E-state index >= 15 is 0 Å². The van der Waals surface area contributed by atoms with E-state index in [2.05, 4.69) is 50.1 Å². The Bertz CT molecular complexity index is 651. The summed E-state index contributed by atoms with van der Waals surface area (Å²) in [7, 11) is 0. The molecular formula is C17H19ClN4O. The van der Waals surface area contributed by atoms with Crippen LogP contribution in [0.4, 0.5) is 5.95 Å². The number of rotatable bonds is 3. The molecule has 0 saturated carbocycles. The summed E-state index contributed by atoms with van der Waals surface area (Å²) in [6.45, 7) is 4.42. The van der Waals surface area contributed by atoms with Crippen molar-refractivity contribution in [3.63, 3.8) is 0 Å². The number of anilines is 1. The van der Waals surface area contributed by atoms with E-state index in [0.29, 0.717) is 11.1 Å². The summed E-state index contributed by atoms with van der Waals surface area (Å²) in [5, 5.41) is 0.562. The van der Waals surface area contributed by atoms with Crippen LogP contribution in [-0.2, 0) is 11.3 Å². The van der Waals surface area contributed by atoms with Crippen molar-refractivity contribution in [1.82, 2.24) is 14.9 Å². The summed E-state index contributed by atoms with van der Waals surface area (Å²) in [5.41, 5.74) is 1.34. The van der Waals surface area contributed by atoms with Crippen LogP contribution in [0.25, 0.3) is 0 Å². The second-order valence-electron chi connectivity index (χ2n) is 6.04. The molecule has 2 aliphatic heterocycles. The van der Waals surface area contributed by atoms with Crippen molar-refractivity contribution in [1.29, 1.82) is 0 Å². The summed E-state index contributed by atoms with van der Waals surface area (Å²) in [6.07, 6.45) is 3.51. The van der Waals surface area contributed by atoms with Crippen LogP contribution < -0.4 is 4.90 Å². The summed E-state index contributed by atoms with van der Waals surface area (Å²) in [6, 6.07) is 11.0. The second-order valence-corrected chi connectivity index (χ2v) is 6.48. The van der Waals surface area contributed by atoms with Crippen LogP contribution in [0.2, 0.25) is 5.02 Å². The Balaban J connectivity index is 1.49. The van der Waals surface area contributed by atoms with Gasteiger partial charge in [0.15, 0.2) is 0 Å². The lowest BCUT2D eigenvalue weighted by atomic mass is 10.1. The smallest absolute Gasteiger partial charge is 0.225 e. The van der Waals surface area contributed by atoms with Gasteiger partial charge in [0.2, 0.25) is 5.95 Å². The zero-order valence-corrected chi connectivity index (χ0v) is 13.6. The van der Waals surface area contributed by atoms with E-state index in [4.69, 9.17) is 16.3 Å². The predicted octanol–water partition coefficient (Wildman–Crippen LogP) is 2.22. The number of hydrogen-bond donors (Lipinski definition) is 0. The molecule has 2 atom stereocenters. The molecule has 2 fully saturated rings. The SMILES string of the molecule is Clc1cnc(N2C[C@@H]3OCCN(Cc4ccccc4)[C@@H]3C2)nc1. The minimum atomic E-state index is 0.215. The minimum absolute atomic E-state index is 0.215. The van der Waals surface area contributed by atoms with Crippen molar-refractivity contribution in [2.75, 3.05) is 31.1 Å². The predicted molar refractivity (Wildman–Crippen MR) is 89.6 cm³/mol. The Morgan fingerprint density at radius 3 is 2.70 bits per heavy atom. The van der Waals surface area contributed by atoms with Crippen molar-refractivity contribution in [3.05, 3.63) is 53.3 Å². The molecule has 2 aromatic rings. The van der Waals surface area contributed by atoms with E-state index < -0.39 is 0 Å². The third-order valence-corrected chi connectivity index (χ3v) is 4.73. The van der Waals surface area contributed by atoms with Gasteiger partial charge in [-0.3, -0.25) is 4.90 Å². The first-order chi connectivity index (χ1) is 11.3. The van der Waals surface area contributed by atoms with Gasteiger partial charge in [-0.1, -0.05) is 41.9 Å². The molecule has 1 aromatic carbocycles. The quantitative estimate of drug-likeness (QED) is 0.863. The van der Waals surface area contributed by atoms with Crippen LogP contribution in [0.3, 0.4) is 0 Å². The van der Waals surface area contributed by atoms with E-state index in [1.54, 1.807) is 12.4 Å². The van der Waals surface area contributed by atoms with Gasteiger partial charge < -0.3 is 9.64 Å². The lowest BCUT2D eigenvalue weighted by Crippen LogP contribution is -2.50.